The molecule has 0 bridgehead atoms. The third kappa shape index (κ3) is 2.45. The number of aromatic nitrogens is 3. The number of rotatable bonds is 3. The molecular weight excluding hydrogens is 239 g/mol. The maximum absolute atomic E-state index is 8.77. The van der Waals surface area contributed by atoms with Crippen LogP contribution in [0.3, 0.4) is 0 Å². The molecule has 3 rings (SSSR count). The molecule has 6 heteroatoms. The fraction of sp³-hybridized carbons (Fsp3) is 0.308. The van der Waals surface area contributed by atoms with E-state index in [1.54, 1.807) is 24.4 Å². The molecule has 2 aromatic heterocycles. The zero-order valence-corrected chi connectivity index (χ0v) is 10.2. The fourth-order valence-corrected chi connectivity index (χ4v) is 2.12. The topological polar surface area (TPSA) is 63.7 Å². The first-order chi connectivity index (χ1) is 9.24. The van der Waals surface area contributed by atoms with Crippen LogP contribution in [0.15, 0.2) is 30.6 Å². The van der Waals surface area contributed by atoms with Crippen molar-refractivity contribution < 1.29 is 4.74 Å². The van der Waals surface area contributed by atoms with E-state index in [4.69, 9.17) is 17.8 Å². The highest BCUT2D eigenvalue weighted by Gasteiger charge is 2.32. The van der Waals surface area contributed by atoms with E-state index in [1.165, 1.54) is 0 Å². The van der Waals surface area contributed by atoms with Crippen LogP contribution in [0.25, 0.3) is 0 Å². The summed E-state index contributed by atoms with van der Waals surface area (Å²) in [5.41, 5.74) is 1.04. The second-order valence-electron chi connectivity index (χ2n) is 4.59. The first kappa shape index (κ1) is 11.8. The van der Waals surface area contributed by atoms with Crippen molar-refractivity contribution in [1.29, 1.82) is 5.26 Å². The van der Waals surface area contributed by atoms with Crippen molar-refractivity contribution in [3.05, 3.63) is 36.3 Å². The van der Waals surface area contributed by atoms with Gasteiger partial charge >= 0.3 is 0 Å². The van der Waals surface area contributed by atoms with Gasteiger partial charge in [0.1, 0.15) is 25.7 Å². The number of pyridine rings is 1. The van der Waals surface area contributed by atoms with E-state index >= 15 is 0 Å². The molecule has 2 aromatic rings. The predicted octanol–water partition coefficient (Wildman–Crippen LogP) is 0.726. The SMILES string of the molecule is [B]c1cnn(C2CC(Oc3cccc(C#N)n3)C2)c1. The van der Waals surface area contributed by atoms with Crippen LogP contribution in [0.5, 0.6) is 5.88 Å². The summed E-state index contributed by atoms with van der Waals surface area (Å²) in [6.45, 7) is 0. The summed E-state index contributed by atoms with van der Waals surface area (Å²) >= 11 is 0. The number of hydrogen-bond donors (Lipinski definition) is 0. The Hall–Kier alpha value is -2.29. The molecule has 0 spiro atoms. The molecule has 0 atom stereocenters. The van der Waals surface area contributed by atoms with Gasteiger partial charge in [0, 0.05) is 31.3 Å². The van der Waals surface area contributed by atoms with Gasteiger partial charge in [-0.15, -0.1) is 0 Å². The zero-order chi connectivity index (χ0) is 13.2. The Labute approximate surface area is 112 Å². The van der Waals surface area contributed by atoms with Crippen molar-refractivity contribution in [1.82, 2.24) is 14.8 Å². The summed E-state index contributed by atoms with van der Waals surface area (Å²) in [6.07, 6.45) is 5.35. The van der Waals surface area contributed by atoms with Gasteiger partial charge in [-0.05, 0) is 6.07 Å². The highest BCUT2D eigenvalue weighted by Crippen LogP contribution is 2.34. The summed E-state index contributed by atoms with van der Waals surface area (Å²) in [4.78, 5) is 4.09. The molecule has 5 nitrogen and oxygen atoms in total. The molecule has 0 N–H and O–H groups in total. The Morgan fingerprint density at radius 2 is 2.26 bits per heavy atom. The number of nitriles is 1. The summed E-state index contributed by atoms with van der Waals surface area (Å²) in [7, 11) is 5.63. The van der Waals surface area contributed by atoms with Gasteiger partial charge in [0.15, 0.2) is 0 Å². The maximum Gasteiger partial charge on any atom is 0.214 e. The molecule has 1 aliphatic carbocycles. The number of ether oxygens (including phenoxy) is 1. The van der Waals surface area contributed by atoms with Crippen LogP contribution in [0, 0.1) is 11.3 Å². The van der Waals surface area contributed by atoms with Crippen LogP contribution in [0.2, 0.25) is 0 Å². The average Bonchev–Trinajstić information content (AvgIpc) is 2.80. The predicted molar refractivity (Wildman–Crippen MR) is 69.3 cm³/mol. The molecule has 0 amide bonds. The van der Waals surface area contributed by atoms with E-state index in [2.05, 4.69) is 10.1 Å². The van der Waals surface area contributed by atoms with Gasteiger partial charge in [-0.1, -0.05) is 11.5 Å². The lowest BCUT2D eigenvalue weighted by Gasteiger charge is -2.35. The van der Waals surface area contributed by atoms with E-state index in [0.29, 0.717) is 23.1 Å². The molecule has 0 saturated heterocycles. The number of hydrogen-bond acceptors (Lipinski definition) is 4. The minimum atomic E-state index is 0.122. The Kier molecular flexibility index (Phi) is 2.96. The van der Waals surface area contributed by atoms with Crippen molar-refractivity contribution in [3.8, 4) is 11.9 Å². The minimum Gasteiger partial charge on any atom is -0.474 e. The lowest BCUT2D eigenvalue weighted by atomic mass is 9.89. The van der Waals surface area contributed by atoms with Crippen molar-refractivity contribution in [2.24, 2.45) is 0 Å². The van der Waals surface area contributed by atoms with Crippen LogP contribution >= 0.6 is 0 Å². The van der Waals surface area contributed by atoms with Crippen molar-refractivity contribution >= 4 is 13.3 Å². The summed E-state index contributed by atoms with van der Waals surface area (Å²) in [6, 6.07) is 7.52. The van der Waals surface area contributed by atoms with Gasteiger partial charge in [0.25, 0.3) is 0 Å². The Bertz CT molecular complexity index is 628. The normalized spacial score (nSPS) is 21.4. The Balaban J connectivity index is 1.58. The van der Waals surface area contributed by atoms with Crippen LogP contribution < -0.4 is 10.2 Å². The molecule has 0 unspecified atom stereocenters. The van der Waals surface area contributed by atoms with E-state index in [1.807, 2.05) is 16.9 Å². The lowest BCUT2D eigenvalue weighted by Crippen LogP contribution is -2.36. The maximum atomic E-state index is 8.77. The molecule has 1 fully saturated rings. The van der Waals surface area contributed by atoms with Crippen molar-refractivity contribution in [3.63, 3.8) is 0 Å². The standard InChI is InChI=1S/C13H11BN4O/c14-9-7-16-18(8-9)11-4-12(5-11)19-13-3-1-2-10(6-15)17-13/h1-3,7-8,11-12H,4-5H2. The molecule has 2 radical (unpaired) electrons. The van der Waals surface area contributed by atoms with Gasteiger partial charge in [-0.3, -0.25) is 4.68 Å². The van der Waals surface area contributed by atoms with Crippen LogP contribution in [0.1, 0.15) is 24.6 Å². The fourth-order valence-electron chi connectivity index (χ4n) is 2.12. The monoisotopic (exact) mass is 250 g/mol. The van der Waals surface area contributed by atoms with Crippen LogP contribution in [-0.4, -0.2) is 28.7 Å². The molecule has 19 heavy (non-hydrogen) atoms. The molecular formula is C13H11BN4O. The van der Waals surface area contributed by atoms with E-state index in [-0.39, 0.29) is 6.10 Å². The second-order valence-corrected chi connectivity index (χ2v) is 4.59. The molecule has 1 aliphatic rings. The summed E-state index contributed by atoms with van der Waals surface area (Å²) in [5, 5.41) is 13.0. The smallest absolute Gasteiger partial charge is 0.214 e. The first-order valence-electron chi connectivity index (χ1n) is 6.08. The molecule has 2 heterocycles. The molecule has 1 saturated carbocycles. The third-order valence-corrected chi connectivity index (χ3v) is 3.19. The van der Waals surface area contributed by atoms with Crippen molar-refractivity contribution in [2.45, 2.75) is 25.0 Å². The third-order valence-electron chi connectivity index (χ3n) is 3.19. The number of nitrogens with zero attached hydrogens (tertiary/aromatic N) is 4. The van der Waals surface area contributed by atoms with E-state index in [0.717, 1.165) is 12.8 Å². The molecule has 0 aliphatic heterocycles. The highest BCUT2D eigenvalue weighted by atomic mass is 16.5. The first-order valence-corrected chi connectivity index (χ1v) is 6.08. The van der Waals surface area contributed by atoms with Crippen LogP contribution in [-0.2, 0) is 0 Å². The second kappa shape index (κ2) is 4.77. The van der Waals surface area contributed by atoms with Gasteiger partial charge in [-0.25, -0.2) is 4.98 Å². The van der Waals surface area contributed by atoms with Gasteiger partial charge in [-0.2, -0.15) is 10.4 Å². The largest absolute Gasteiger partial charge is 0.474 e. The molecule has 0 aromatic carbocycles. The Morgan fingerprint density at radius 3 is 2.95 bits per heavy atom. The summed E-state index contributed by atoms with van der Waals surface area (Å²) in [5.74, 6) is 0.502. The van der Waals surface area contributed by atoms with E-state index in [9.17, 15) is 0 Å². The Morgan fingerprint density at radius 1 is 1.42 bits per heavy atom. The molecule has 92 valence electrons. The summed E-state index contributed by atoms with van der Waals surface area (Å²) < 4.78 is 7.59. The van der Waals surface area contributed by atoms with Gasteiger partial charge in [0.05, 0.1) is 6.04 Å². The minimum absolute atomic E-state index is 0.122. The quantitative estimate of drug-likeness (QED) is 0.753. The average molecular weight is 250 g/mol. The van der Waals surface area contributed by atoms with Crippen molar-refractivity contribution in [2.75, 3.05) is 0 Å². The van der Waals surface area contributed by atoms with Gasteiger partial charge in [0.2, 0.25) is 5.88 Å². The highest BCUT2D eigenvalue weighted by molar-refractivity contribution is 6.31. The lowest BCUT2D eigenvalue weighted by molar-refractivity contribution is 0.0607. The van der Waals surface area contributed by atoms with Crippen LogP contribution in [0.4, 0.5) is 0 Å². The zero-order valence-electron chi connectivity index (χ0n) is 10.2. The van der Waals surface area contributed by atoms with E-state index < -0.39 is 0 Å². The van der Waals surface area contributed by atoms with Gasteiger partial charge < -0.3 is 4.74 Å².